The fourth-order valence-electron chi connectivity index (χ4n) is 4.03. The topological polar surface area (TPSA) is 270 Å². The SMILES string of the molecule is O=C(/C=C/c1ccc(O)cc1)OC[C@@H]1O[C@H](OC(=O)c2cc(O)c(O)c(O)c2)[C@@H](OC(=O)c2cc(O)c(O)c(O)c2)[C@H](O)[C@H]1O. The van der Waals surface area contributed by atoms with Crippen molar-refractivity contribution >= 4 is 24.0 Å². The number of aliphatic hydroxyl groups excluding tert-OH is 2. The Balaban J connectivity index is 1.54. The smallest absolute Gasteiger partial charge is 0.340 e. The second kappa shape index (κ2) is 13.3. The molecule has 0 amide bonds. The van der Waals surface area contributed by atoms with Gasteiger partial charge < -0.3 is 64.9 Å². The Kier molecular flexibility index (Phi) is 9.51. The number of aliphatic hydroxyl groups is 2. The molecule has 16 heteroatoms. The summed E-state index contributed by atoms with van der Waals surface area (Å²) in [4.78, 5) is 37.9. The van der Waals surface area contributed by atoms with E-state index in [0.29, 0.717) is 29.8 Å². The van der Waals surface area contributed by atoms with Crippen LogP contribution in [0.25, 0.3) is 6.08 Å². The third kappa shape index (κ3) is 7.45. The third-order valence-electron chi connectivity index (χ3n) is 6.42. The van der Waals surface area contributed by atoms with Gasteiger partial charge in [-0.2, -0.15) is 0 Å². The standard InChI is InChI=1S/C29H26O16/c30-15-4-1-12(2-5-15)3-6-21(35)42-11-20-24(38)25(39)26(44-27(40)13-7-16(31)22(36)17(32)8-13)29(43-20)45-28(41)14-9-18(33)23(37)19(34)10-14/h1-10,20,24-26,29-34,36-39H,11H2/b6-3+/t20-,24-,25+,26-,29+/m0/s1. The van der Waals surface area contributed by atoms with Gasteiger partial charge in [0.25, 0.3) is 0 Å². The van der Waals surface area contributed by atoms with Crippen LogP contribution in [0.2, 0.25) is 0 Å². The summed E-state index contributed by atoms with van der Waals surface area (Å²) in [6, 6.07) is 8.65. The van der Waals surface area contributed by atoms with E-state index < -0.39 is 101 Å². The summed E-state index contributed by atoms with van der Waals surface area (Å²) in [6.45, 7) is -0.716. The van der Waals surface area contributed by atoms with Crippen molar-refractivity contribution in [3.63, 3.8) is 0 Å². The molecule has 1 fully saturated rings. The first-order chi connectivity index (χ1) is 21.2. The molecule has 0 aliphatic carbocycles. The summed E-state index contributed by atoms with van der Waals surface area (Å²) in [6.07, 6.45) is -7.25. The lowest BCUT2D eigenvalue weighted by molar-refractivity contribution is -0.285. The quantitative estimate of drug-likeness (QED) is 0.0717. The summed E-state index contributed by atoms with van der Waals surface area (Å²) < 4.78 is 20.9. The summed E-state index contributed by atoms with van der Waals surface area (Å²) >= 11 is 0. The first-order valence-electron chi connectivity index (χ1n) is 12.8. The minimum Gasteiger partial charge on any atom is -0.508 e. The van der Waals surface area contributed by atoms with E-state index in [-0.39, 0.29) is 5.75 Å². The number of aromatic hydroxyl groups is 7. The number of phenolic OH excluding ortho intramolecular Hbond substituents is 7. The molecule has 0 bridgehead atoms. The van der Waals surface area contributed by atoms with E-state index in [0.717, 1.165) is 6.08 Å². The van der Waals surface area contributed by atoms with Gasteiger partial charge in [-0.05, 0) is 48.0 Å². The van der Waals surface area contributed by atoms with Crippen molar-refractivity contribution in [2.45, 2.75) is 30.7 Å². The number of esters is 3. The van der Waals surface area contributed by atoms with E-state index in [4.69, 9.17) is 18.9 Å². The van der Waals surface area contributed by atoms with E-state index in [2.05, 4.69) is 0 Å². The molecule has 0 spiro atoms. The van der Waals surface area contributed by atoms with Crippen molar-refractivity contribution in [3.05, 3.63) is 71.3 Å². The molecule has 1 heterocycles. The molecule has 5 atom stereocenters. The van der Waals surface area contributed by atoms with Gasteiger partial charge in [0.1, 0.15) is 30.7 Å². The molecular weight excluding hydrogens is 604 g/mol. The van der Waals surface area contributed by atoms with Crippen LogP contribution in [0.3, 0.4) is 0 Å². The fourth-order valence-corrected chi connectivity index (χ4v) is 4.03. The van der Waals surface area contributed by atoms with Crippen LogP contribution in [0.4, 0.5) is 0 Å². The number of carbonyl (C=O) groups is 3. The lowest BCUT2D eigenvalue weighted by atomic mass is 9.99. The molecule has 3 aromatic rings. The number of hydrogen-bond donors (Lipinski definition) is 9. The van der Waals surface area contributed by atoms with Crippen LogP contribution in [0.5, 0.6) is 40.2 Å². The largest absolute Gasteiger partial charge is 0.508 e. The monoisotopic (exact) mass is 630 g/mol. The predicted molar refractivity (Wildman–Crippen MR) is 146 cm³/mol. The molecule has 0 saturated carbocycles. The molecule has 1 saturated heterocycles. The molecular formula is C29H26O16. The Bertz CT molecular complexity index is 1570. The van der Waals surface area contributed by atoms with Crippen LogP contribution in [0.15, 0.2) is 54.6 Å². The van der Waals surface area contributed by atoms with E-state index in [1.807, 2.05) is 0 Å². The lowest BCUT2D eigenvalue weighted by Gasteiger charge is -2.41. The van der Waals surface area contributed by atoms with Gasteiger partial charge in [-0.1, -0.05) is 12.1 Å². The van der Waals surface area contributed by atoms with Gasteiger partial charge in [-0.25, -0.2) is 14.4 Å². The summed E-state index contributed by atoms with van der Waals surface area (Å²) in [5.41, 5.74) is -0.542. The Morgan fingerprint density at radius 1 is 0.711 bits per heavy atom. The highest BCUT2D eigenvalue weighted by Gasteiger charge is 2.49. The number of rotatable bonds is 8. The number of phenols is 7. The molecule has 16 nitrogen and oxygen atoms in total. The van der Waals surface area contributed by atoms with Crippen molar-refractivity contribution in [2.75, 3.05) is 6.61 Å². The molecule has 1 aliphatic heterocycles. The average Bonchev–Trinajstić information content (AvgIpc) is 3.00. The molecule has 0 aromatic heterocycles. The second-order valence-electron chi connectivity index (χ2n) is 9.58. The zero-order valence-electron chi connectivity index (χ0n) is 22.8. The predicted octanol–water partition coefficient (Wildman–Crippen LogP) is 0.711. The highest BCUT2D eigenvalue weighted by molar-refractivity contribution is 5.92. The molecule has 0 unspecified atom stereocenters. The normalized spacial score (nSPS) is 21.2. The van der Waals surface area contributed by atoms with Crippen molar-refractivity contribution in [3.8, 4) is 40.2 Å². The first-order valence-corrected chi connectivity index (χ1v) is 12.8. The summed E-state index contributed by atoms with van der Waals surface area (Å²) in [7, 11) is 0. The molecule has 238 valence electrons. The van der Waals surface area contributed by atoms with Crippen LogP contribution in [0.1, 0.15) is 26.3 Å². The van der Waals surface area contributed by atoms with Crippen LogP contribution >= 0.6 is 0 Å². The van der Waals surface area contributed by atoms with Gasteiger partial charge in [0.05, 0.1) is 11.1 Å². The molecule has 4 rings (SSSR count). The van der Waals surface area contributed by atoms with Gasteiger partial charge in [0.15, 0.2) is 40.6 Å². The molecule has 3 aromatic carbocycles. The van der Waals surface area contributed by atoms with E-state index in [1.165, 1.54) is 30.3 Å². The first kappa shape index (κ1) is 32.2. The zero-order chi connectivity index (χ0) is 33.0. The minimum absolute atomic E-state index is 0.00864. The minimum atomic E-state index is -2.07. The van der Waals surface area contributed by atoms with Crippen LogP contribution in [0, 0.1) is 0 Å². The molecule has 45 heavy (non-hydrogen) atoms. The van der Waals surface area contributed by atoms with Crippen molar-refractivity contribution < 1.29 is 79.3 Å². The maximum atomic E-state index is 12.9. The maximum absolute atomic E-state index is 12.9. The summed E-state index contributed by atoms with van der Waals surface area (Å²) in [5.74, 6) is -9.10. The van der Waals surface area contributed by atoms with Gasteiger partial charge in [0.2, 0.25) is 6.29 Å². The van der Waals surface area contributed by atoms with E-state index in [9.17, 15) is 60.3 Å². The average molecular weight is 631 g/mol. The third-order valence-corrected chi connectivity index (χ3v) is 6.42. The van der Waals surface area contributed by atoms with Crippen LogP contribution in [-0.2, 0) is 23.7 Å². The highest BCUT2D eigenvalue weighted by atomic mass is 16.7. The van der Waals surface area contributed by atoms with Gasteiger partial charge in [0, 0.05) is 6.08 Å². The number of benzene rings is 3. The van der Waals surface area contributed by atoms with Gasteiger partial charge in [-0.15, -0.1) is 0 Å². The Labute approximate surface area is 252 Å². The Morgan fingerprint density at radius 2 is 1.20 bits per heavy atom. The number of carbonyl (C=O) groups excluding carboxylic acids is 3. The van der Waals surface area contributed by atoms with Crippen LogP contribution in [-0.4, -0.2) is 101 Å². The van der Waals surface area contributed by atoms with Crippen molar-refractivity contribution in [1.29, 1.82) is 0 Å². The fraction of sp³-hybridized carbons (Fsp3) is 0.207. The highest BCUT2D eigenvalue weighted by Crippen LogP contribution is 2.37. The van der Waals surface area contributed by atoms with Crippen molar-refractivity contribution in [2.24, 2.45) is 0 Å². The number of ether oxygens (including phenoxy) is 4. The van der Waals surface area contributed by atoms with Gasteiger partial charge in [-0.3, -0.25) is 0 Å². The van der Waals surface area contributed by atoms with Gasteiger partial charge >= 0.3 is 17.9 Å². The van der Waals surface area contributed by atoms with Crippen LogP contribution < -0.4 is 0 Å². The Morgan fingerprint density at radius 3 is 1.71 bits per heavy atom. The number of hydrogen-bond acceptors (Lipinski definition) is 16. The Hall–Kier alpha value is -5.71. The molecule has 1 aliphatic rings. The lowest BCUT2D eigenvalue weighted by Crippen LogP contribution is -2.61. The second-order valence-corrected chi connectivity index (χ2v) is 9.58. The zero-order valence-corrected chi connectivity index (χ0v) is 22.8. The van der Waals surface area contributed by atoms with E-state index in [1.54, 1.807) is 0 Å². The molecule has 9 N–H and O–H groups in total. The maximum Gasteiger partial charge on any atom is 0.340 e. The van der Waals surface area contributed by atoms with E-state index >= 15 is 0 Å². The summed E-state index contributed by atoms with van der Waals surface area (Å²) in [5, 5.41) is 88.9. The van der Waals surface area contributed by atoms with Crippen molar-refractivity contribution in [1.82, 2.24) is 0 Å². The molecule has 0 radical (unpaired) electrons.